The molecule has 0 saturated carbocycles. The van der Waals surface area contributed by atoms with Crippen molar-refractivity contribution in [3.05, 3.63) is 27.7 Å². The molecule has 1 aromatic carbocycles. The summed E-state index contributed by atoms with van der Waals surface area (Å²) in [4.78, 5) is 0. The topological polar surface area (TPSA) is 21.3 Å². The number of benzene rings is 1. The normalized spacial score (nSPS) is 19.5. The number of halogens is 2. The van der Waals surface area contributed by atoms with Gasteiger partial charge in [0, 0.05) is 11.1 Å². The SMILES string of the molecule is Clc1ccc(OCCCC2CCCN2)c(Br)c1. The van der Waals surface area contributed by atoms with Gasteiger partial charge in [-0.3, -0.25) is 0 Å². The molecule has 0 aliphatic carbocycles. The first-order valence-corrected chi connectivity index (χ1v) is 7.24. The predicted molar refractivity (Wildman–Crippen MR) is 74.9 cm³/mol. The van der Waals surface area contributed by atoms with Gasteiger partial charge in [0.25, 0.3) is 0 Å². The fraction of sp³-hybridized carbons (Fsp3) is 0.538. The fourth-order valence-electron chi connectivity index (χ4n) is 2.11. The van der Waals surface area contributed by atoms with Crippen molar-refractivity contribution < 1.29 is 4.74 Å². The van der Waals surface area contributed by atoms with Crippen LogP contribution in [0.25, 0.3) is 0 Å². The van der Waals surface area contributed by atoms with Crippen LogP contribution in [0.5, 0.6) is 5.75 Å². The molecule has 1 N–H and O–H groups in total. The molecule has 0 bridgehead atoms. The zero-order valence-corrected chi connectivity index (χ0v) is 12.1. The van der Waals surface area contributed by atoms with Gasteiger partial charge in [0.2, 0.25) is 0 Å². The molecule has 2 rings (SSSR count). The molecule has 4 heteroatoms. The van der Waals surface area contributed by atoms with E-state index < -0.39 is 0 Å². The van der Waals surface area contributed by atoms with Crippen molar-refractivity contribution >= 4 is 27.5 Å². The second-order valence-electron chi connectivity index (χ2n) is 4.36. The summed E-state index contributed by atoms with van der Waals surface area (Å²) in [5.74, 6) is 0.869. The maximum Gasteiger partial charge on any atom is 0.133 e. The second kappa shape index (κ2) is 6.62. The smallest absolute Gasteiger partial charge is 0.133 e. The minimum absolute atomic E-state index is 0.701. The van der Waals surface area contributed by atoms with Gasteiger partial charge in [-0.1, -0.05) is 11.6 Å². The maximum atomic E-state index is 5.87. The van der Waals surface area contributed by atoms with Gasteiger partial charge in [-0.2, -0.15) is 0 Å². The van der Waals surface area contributed by atoms with E-state index in [0.29, 0.717) is 6.04 Å². The van der Waals surface area contributed by atoms with Crippen LogP contribution in [0.15, 0.2) is 22.7 Å². The molecule has 1 saturated heterocycles. The van der Waals surface area contributed by atoms with Crippen molar-refractivity contribution in [3.63, 3.8) is 0 Å². The van der Waals surface area contributed by atoms with E-state index in [1.807, 2.05) is 18.2 Å². The molecule has 17 heavy (non-hydrogen) atoms. The van der Waals surface area contributed by atoms with E-state index in [1.165, 1.54) is 25.8 Å². The van der Waals surface area contributed by atoms with Gasteiger partial charge in [-0.15, -0.1) is 0 Å². The Bertz CT molecular complexity index is 366. The van der Waals surface area contributed by atoms with E-state index in [9.17, 15) is 0 Å². The highest BCUT2D eigenvalue weighted by Crippen LogP contribution is 2.28. The molecule has 1 unspecified atom stereocenters. The van der Waals surface area contributed by atoms with Gasteiger partial charge < -0.3 is 10.1 Å². The van der Waals surface area contributed by atoms with Gasteiger partial charge >= 0.3 is 0 Å². The van der Waals surface area contributed by atoms with Crippen LogP contribution in [0, 0.1) is 0 Å². The highest BCUT2D eigenvalue weighted by Gasteiger charge is 2.13. The van der Waals surface area contributed by atoms with Crippen molar-refractivity contribution in [2.24, 2.45) is 0 Å². The Kier molecular flexibility index (Phi) is 5.14. The summed E-state index contributed by atoms with van der Waals surface area (Å²) in [6.45, 7) is 1.94. The Hall–Kier alpha value is -0.250. The van der Waals surface area contributed by atoms with Crippen LogP contribution in [0.4, 0.5) is 0 Å². The summed E-state index contributed by atoms with van der Waals surface area (Å²) in [7, 11) is 0. The fourth-order valence-corrected chi connectivity index (χ4v) is 2.90. The van der Waals surface area contributed by atoms with Crippen LogP contribution in [0.2, 0.25) is 5.02 Å². The molecule has 1 atom stereocenters. The predicted octanol–water partition coefficient (Wildman–Crippen LogP) is 4.01. The van der Waals surface area contributed by atoms with Crippen molar-refractivity contribution in [1.29, 1.82) is 0 Å². The third-order valence-electron chi connectivity index (χ3n) is 3.01. The van der Waals surface area contributed by atoms with Crippen LogP contribution in [0.3, 0.4) is 0 Å². The molecule has 0 aromatic heterocycles. The van der Waals surface area contributed by atoms with Crippen molar-refractivity contribution in [2.45, 2.75) is 31.7 Å². The Balaban J connectivity index is 1.70. The lowest BCUT2D eigenvalue weighted by Crippen LogP contribution is -2.21. The standard InChI is InChI=1S/C13H17BrClNO/c14-12-9-10(15)5-6-13(12)17-8-2-4-11-3-1-7-16-11/h5-6,9,11,16H,1-4,7-8H2. The summed E-state index contributed by atoms with van der Waals surface area (Å²) in [6.07, 6.45) is 4.91. The largest absolute Gasteiger partial charge is 0.492 e. The maximum absolute atomic E-state index is 5.87. The third-order valence-corrected chi connectivity index (χ3v) is 3.87. The van der Waals surface area contributed by atoms with E-state index in [4.69, 9.17) is 16.3 Å². The van der Waals surface area contributed by atoms with Crippen molar-refractivity contribution in [2.75, 3.05) is 13.2 Å². The first-order valence-electron chi connectivity index (χ1n) is 6.07. The molecule has 2 nitrogen and oxygen atoms in total. The number of hydrogen-bond acceptors (Lipinski definition) is 2. The highest BCUT2D eigenvalue weighted by atomic mass is 79.9. The summed E-state index contributed by atoms with van der Waals surface area (Å²) in [5, 5.41) is 4.21. The molecule has 1 heterocycles. The Morgan fingerprint density at radius 2 is 2.35 bits per heavy atom. The lowest BCUT2D eigenvalue weighted by molar-refractivity contribution is 0.297. The highest BCUT2D eigenvalue weighted by molar-refractivity contribution is 9.10. The number of hydrogen-bond donors (Lipinski definition) is 1. The molecular weight excluding hydrogens is 302 g/mol. The minimum atomic E-state index is 0.701. The molecular formula is C13H17BrClNO. The summed E-state index contributed by atoms with van der Waals surface area (Å²) < 4.78 is 6.64. The molecule has 0 spiro atoms. The monoisotopic (exact) mass is 317 g/mol. The first-order chi connectivity index (χ1) is 8.25. The Labute approximate surface area is 116 Å². The molecule has 94 valence electrons. The average molecular weight is 319 g/mol. The van der Waals surface area contributed by atoms with Gasteiger partial charge in [0.15, 0.2) is 0 Å². The van der Waals surface area contributed by atoms with E-state index in [1.54, 1.807) is 0 Å². The van der Waals surface area contributed by atoms with Gasteiger partial charge in [0.1, 0.15) is 5.75 Å². The molecule has 1 aliphatic heterocycles. The summed E-state index contributed by atoms with van der Waals surface area (Å²) in [6, 6.07) is 6.31. The zero-order valence-electron chi connectivity index (χ0n) is 9.72. The van der Waals surface area contributed by atoms with Gasteiger partial charge in [-0.25, -0.2) is 0 Å². The van der Waals surface area contributed by atoms with Crippen LogP contribution in [0.1, 0.15) is 25.7 Å². The van der Waals surface area contributed by atoms with Crippen LogP contribution < -0.4 is 10.1 Å². The summed E-state index contributed by atoms with van der Waals surface area (Å²) >= 11 is 9.31. The second-order valence-corrected chi connectivity index (χ2v) is 5.65. The van der Waals surface area contributed by atoms with Crippen LogP contribution in [-0.2, 0) is 0 Å². The Morgan fingerprint density at radius 3 is 3.06 bits per heavy atom. The molecule has 0 radical (unpaired) electrons. The van der Waals surface area contributed by atoms with Crippen molar-refractivity contribution in [3.8, 4) is 5.75 Å². The zero-order chi connectivity index (χ0) is 12.1. The average Bonchev–Trinajstić information content (AvgIpc) is 2.79. The lowest BCUT2D eigenvalue weighted by atomic mass is 10.1. The van der Waals surface area contributed by atoms with Gasteiger partial charge in [-0.05, 0) is 66.4 Å². The number of rotatable bonds is 5. The van der Waals surface area contributed by atoms with E-state index in [0.717, 1.165) is 28.3 Å². The first kappa shape index (κ1) is 13.2. The van der Waals surface area contributed by atoms with Gasteiger partial charge in [0.05, 0.1) is 11.1 Å². The number of ether oxygens (including phenoxy) is 1. The quantitative estimate of drug-likeness (QED) is 0.828. The van der Waals surface area contributed by atoms with Crippen LogP contribution >= 0.6 is 27.5 Å². The molecule has 1 aliphatic rings. The van der Waals surface area contributed by atoms with E-state index >= 15 is 0 Å². The van der Waals surface area contributed by atoms with Crippen LogP contribution in [-0.4, -0.2) is 19.2 Å². The number of nitrogens with one attached hydrogen (secondary N) is 1. The molecule has 0 amide bonds. The summed E-state index contributed by atoms with van der Waals surface area (Å²) in [5.41, 5.74) is 0. The van der Waals surface area contributed by atoms with E-state index in [2.05, 4.69) is 21.2 Å². The lowest BCUT2D eigenvalue weighted by Gasteiger charge is -2.11. The minimum Gasteiger partial charge on any atom is -0.492 e. The third kappa shape index (κ3) is 4.16. The molecule has 1 fully saturated rings. The Morgan fingerprint density at radius 1 is 1.47 bits per heavy atom. The molecule has 1 aromatic rings. The van der Waals surface area contributed by atoms with E-state index in [-0.39, 0.29) is 0 Å². The van der Waals surface area contributed by atoms with Crippen molar-refractivity contribution in [1.82, 2.24) is 5.32 Å².